The number of halogens is 2. The fraction of sp³-hybridized carbons (Fsp3) is 0.556. The molecule has 0 saturated carbocycles. The van der Waals surface area contributed by atoms with E-state index in [1.54, 1.807) is 0 Å². The first-order chi connectivity index (χ1) is 7.24. The van der Waals surface area contributed by atoms with Crippen molar-refractivity contribution in [2.45, 2.75) is 13.3 Å². The zero-order valence-corrected chi connectivity index (χ0v) is 9.88. The highest BCUT2D eigenvalue weighted by Gasteiger charge is 2.04. The van der Waals surface area contributed by atoms with Crippen molar-refractivity contribution >= 4 is 23.2 Å². The normalized spacial score (nSPS) is 10.3. The van der Waals surface area contributed by atoms with Crippen LogP contribution in [-0.4, -0.2) is 30.0 Å². The van der Waals surface area contributed by atoms with E-state index in [4.69, 9.17) is 32.7 Å². The van der Waals surface area contributed by atoms with E-state index in [0.717, 1.165) is 13.0 Å². The van der Waals surface area contributed by atoms with Gasteiger partial charge in [0.2, 0.25) is 0 Å². The molecule has 1 aromatic rings. The Morgan fingerprint density at radius 3 is 2.73 bits per heavy atom. The van der Waals surface area contributed by atoms with Crippen LogP contribution in [0.5, 0.6) is 5.75 Å². The highest BCUT2D eigenvalue weighted by molar-refractivity contribution is 6.32. The van der Waals surface area contributed by atoms with Crippen LogP contribution < -0.4 is 4.74 Å². The summed E-state index contributed by atoms with van der Waals surface area (Å²) in [7, 11) is 0. The lowest BCUT2D eigenvalue weighted by molar-refractivity contribution is 0.100. The van der Waals surface area contributed by atoms with E-state index >= 15 is 0 Å². The second-order valence-corrected chi connectivity index (χ2v) is 3.53. The molecule has 0 bridgehead atoms. The Kier molecular flexibility index (Phi) is 5.68. The molecule has 1 aromatic heterocycles. The van der Waals surface area contributed by atoms with Gasteiger partial charge in [-0.05, 0) is 6.42 Å². The molecule has 0 aliphatic carbocycles. The smallest absolute Gasteiger partial charge is 0.193 e. The summed E-state index contributed by atoms with van der Waals surface area (Å²) in [6.45, 7) is 3.71. The quantitative estimate of drug-likeness (QED) is 0.729. The van der Waals surface area contributed by atoms with Gasteiger partial charge in [-0.2, -0.15) is 0 Å². The first-order valence-corrected chi connectivity index (χ1v) is 5.39. The zero-order chi connectivity index (χ0) is 11.1. The van der Waals surface area contributed by atoms with Gasteiger partial charge in [0.05, 0.1) is 6.61 Å². The summed E-state index contributed by atoms with van der Waals surface area (Å²) >= 11 is 11.4. The Bertz CT molecular complexity index is 310. The van der Waals surface area contributed by atoms with Crippen LogP contribution in [0.4, 0.5) is 0 Å². The molecule has 4 nitrogen and oxygen atoms in total. The van der Waals surface area contributed by atoms with Crippen LogP contribution in [0.2, 0.25) is 10.3 Å². The number of hydrogen-bond acceptors (Lipinski definition) is 4. The first kappa shape index (κ1) is 12.5. The molecule has 1 rings (SSSR count). The Labute approximate surface area is 98.5 Å². The molecule has 0 spiro atoms. The molecule has 0 amide bonds. The summed E-state index contributed by atoms with van der Waals surface area (Å²) < 4.78 is 10.6. The van der Waals surface area contributed by atoms with Gasteiger partial charge in [-0.1, -0.05) is 30.1 Å². The third-order valence-corrected chi connectivity index (χ3v) is 1.97. The maximum Gasteiger partial charge on any atom is 0.193 e. The molecule has 0 atom stereocenters. The third kappa shape index (κ3) is 4.64. The monoisotopic (exact) mass is 250 g/mol. The number of ether oxygens (including phenoxy) is 2. The van der Waals surface area contributed by atoms with E-state index in [1.165, 1.54) is 6.07 Å². The van der Waals surface area contributed by atoms with Crippen molar-refractivity contribution in [3.63, 3.8) is 0 Å². The van der Waals surface area contributed by atoms with Crippen molar-refractivity contribution in [1.29, 1.82) is 0 Å². The van der Waals surface area contributed by atoms with E-state index in [9.17, 15) is 0 Å². The molecule has 84 valence electrons. The number of rotatable bonds is 6. The molecule has 0 aliphatic heterocycles. The lowest BCUT2D eigenvalue weighted by atomic mass is 10.5. The minimum atomic E-state index is 0.204. The molecule has 0 fully saturated rings. The molecule has 6 heteroatoms. The second kappa shape index (κ2) is 6.82. The van der Waals surface area contributed by atoms with Gasteiger partial charge in [0.25, 0.3) is 0 Å². The fourth-order valence-corrected chi connectivity index (χ4v) is 1.18. The molecule has 0 N–H and O–H groups in total. The van der Waals surface area contributed by atoms with Gasteiger partial charge in [0.15, 0.2) is 16.1 Å². The lowest BCUT2D eigenvalue weighted by Gasteiger charge is -2.07. The summed E-state index contributed by atoms with van der Waals surface area (Å²) in [5.41, 5.74) is 0. The van der Waals surface area contributed by atoms with Crippen LogP contribution >= 0.6 is 23.2 Å². The minimum Gasteiger partial charge on any atom is -0.488 e. The fourth-order valence-electron chi connectivity index (χ4n) is 0.896. The highest BCUT2D eigenvalue weighted by Crippen LogP contribution is 2.23. The van der Waals surface area contributed by atoms with Crippen LogP contribution in [-0.2, 0) is 4.74 Å². The first-order valence-electron chi connectivity index (χ1n) is 4.63. The number of hydrogen-bond donors (Lipinski definition) is 0. The molecule has 0 saturated heterocycles. The molecule has 15 heavy (non-hydrogen) atoms. The van der Waals surface area contributed by atoms with Gasteiger partial charge < -0.3 is 9.47 Å². The molecule has 1 heterocycles. The van der Waals surface area contributed by atoms with Gasteiger partial charge in [0, 0.05) is 12.7 Å². The lowest BCUT2D eigenvalue weighted by Crippen LogP contribution is -2.07. The summed E-state index contributed by atoms with van der Waals surface area (Å²) in [5, 5.41) is 7.64. The van der Waals surface area contributed by atoms with Crippen molar-refractivity contribution in [3.8, 4) is 5.75 Å². The minimum absolute atomic E-state index is 0.204. The van der Waals surface area contributed by atoms with E-state index < -0.39 is 0 Å². The van der Waals surface area contributed by atoms with Crippen LogP contribution in [0, 0.1) is 0 Å². The van der Waals surface area contributed by atoms with E-state index in [1.807, 2.05) is 6.92 Å². The van der Waals surface area contributed by atoms with Crippen molar-refractivity contribution in [2.24, 2.45) is 0 Å². The Balaban J connectivity index is 2.33. The highest BCUT2D eigenvalue weighted by atomic mass is 35.5. The summed E-state index contributed by atoms with van der Waals surface area (Å²) in [6.07, 6.45) is 0.989. The van der Waals surface area contributed by atoms with Crippen LogP contribution in [0.15, 0.2) is 6.07 Å². The largest absolute Gasteiger partial charge is 0.488 e. The standard InChI is InChI=1S/C9H12Cl2N2O2/c1-2-3-14-4-5-15-7-6-8(10)12-13-9(7)11/h6H,2-5H2,1H3. The predicted octanol–water partition coefficient (Wildman–Crippen LogP) is 2.59. The van der Waals surface area contributed by atoms with E-state index in [2.05, 4.69) is 10.2 Å². The molecular weight excluding hydrogens is 239 g/mol. The van der Waals surface area contributed by atoms with Crippen molar-refractivity contribution in [2.75, 3.05) is 19.8 Å². The average molecular weight is 251 g/mol. The van der Waals surface area contributed by atoms with Crippen LogP contribution in [0.1, 0.15) is 13.3 Å². The summed E-state index contributed by atoms with van der Waals surface area (Å²) in [6, 6.07) is 1.52. The van der Waals surface area contributed by atoms with Crippen molar-refractivity contribution in [3.05, 3.63) is 16.4 Å². The average Bonchev–Trinajstić information content (AvgIpc) is 2.23. The molecular formula is C9H12Cl2N2O2. The number of nitrogens with zero attached hydrogens (tertiary/aromatic N) is 2. The van der Waals surface area contributed by atoms with Gasteiger partial charge >= 0.3 is 0 Å². The van der Waals surface area contributed by atoms with Gasteiger partial charge in [-0.15, -0.1) is 10.2 Å². The zero-order valence-electron chi connectivity index (χ0n) is 8.37. The maximum atomic E-state index is 5.74. The summed E-state index contributed by atoms with van der Waals surface area (Å²) in [4.78, 5) is 0. The van der Waals surface area contributed by atoms with Gasteiger partial charge in [-0.3, -0.25) is 0 Å². The van der Waals surface area contributed by atoms with Crippen LogP contribution in [0.25, 0.3) is 0 Å². The third-order valence-electron chi connectivity index (χ3n) is 1.52. The Morgan fingerprint density at radius 2 is 2.00 bits per heavy atom. The van der Waals surface area contributed by atoms with E-state index in [0.29, 0.717) is 19.0 Å². The van der Waals surface area contributed by atoms with Crippen LogP contribution in [0.3, 0.4) is 0 Å². The molecule has 0 aromatic carbocycles. The van der Waals surface area contributed by atoms with Gasteiger partial charge in [-0.25, -0.2) is 0 Å². The van der Waals surface area contributed by atoms with Crippen molar-refractivity contribution < 1.29 is 9.47 Å². The maximum absolute atomic E-state index is 5.74. The molecule has 0 aliphatic rings. The van der Waals surface area contributed by atoms with Crippen molar-refractivity contribution in [1.82, 2.24) is 10.2 Å². The molecule has 0 radical (unpaired) electrons. The Morgan fingerprint density at radius 1 is 1.20 bits per heavy atom. The second-order valence-electron chi connectivity index (χ2n) is 2.78. The summed E-state index contributed by atoms with van der Waals surface area (Å²) in [5.74, 6) is 0.428. The number of aromatic nitrogens is 2. The van der Waals surface area contributed by atoms with Gasteiger partial charge in [0.1, 0.15) is 6.61 Å². The van der Waals surface area contributed by atoms with E-state index in [-0.39, 0.29) is 10.3 Å². The SMILES string of the molecule is CCCOCCOc1cc(Cl)nnc1Cl. The topological polar surface area (TPSA) is 44.2 Å². The Hall–Kier alpha value is -0.580. The predicted molar refractivity (Wildman–Crippen MR) is 58.7 cm³/mol. The molecule has 0 unspecified atom stereocenters.